The molecule has 0 aromatic heterocycles. The van der Waals surface area contributed by atoms with Crippen molar-refractivity contribution in [2.24, 2.45) is 0 Å². The Morgan fingerprint density at radius 1 is 1.19 bits per heavy atom. The largest absolute Gasteiger partial charge is 0.479 e. The Kier molecular flexibility index (Phi) is 7.41. The van der Waals surface area contributed by atoms with Gasteiger partial charge in [0.25, 0.3) is 5.91 Å². The molecule has 9 heteroatoms. The van der Waals surface area contributed by atoms with E-state index in [1.54, 1.807) is 49.4 Å². The van der Waals surface area contributed by atoms with Gasteiger partial charge >= 0.3 is 0 Å². The lowest BCUT2D eigenvalue weighted by Gasteiger charge is -2.34. The minimum Gasteiger partial charge on any atom is -0.479 e. The van der Waals surface area contributed by atoms with Crippen LogP contribution in [-0.4, -0.2) is 48.4 Å². The summed E-state index contributed by atoms with van der Waals surface area (Å²) < 4.78 is 5.61. The highest BCUT2D eigenvalue weighted by molar-refractivity contribution is 6.35. The first-order chi connectivity index (χ1) is 14.8. The predicted octanol–water partition coefficient (Wildman–Crippen LogP) is 3.98. The first-order valence-electron chi connectivity index (χ1n) is 9.90. The maximum Gasteiger partial charge on any atom is 0.268 e. The number of benzene rings is 2. The first-order valence-corrected chi connectivity index (χ1v) is 10.7. The standard InChI is InChI=1S/C22H23Cl2N3O4/c1-3-10-26(12-20(28)25-17-11-15(23)8-9-16(17)24)21(29)13-27-18-6-4-5-7-19(18)31-14(2)22(27)30/h4-9,11,14H,3,10,12-13H2,1-2H3,(H,25,28). The molecule has 0 bridgehead atoms. The molecule has 0 radical (unpaired) electrons. The first kappa shape index (κ1) is 22.9. The Bertz CT molecular complexity index is 998. The molecule has 3 rings (SSSR count). The van der Waals surface area contributed by atoms with E-state index < -0.39 is 12.0 Å². The molecule has 7 nitrogen and oxygen atoms in total. The van der Waals surface area contributed by atoms with Gasteiger partial charge in [0.05, 0.1) is 22.9 Å². The fraction of sp³-hybridized carbons (Fsp3) is 0.318. The molecule has 1 heterocycles. The Hall–Kier alpha value is -2.77. The molecule has 2 aromatic carbocycles. The van der Waals surface area contributed by atoms with Gasteiger partial charge in [0, 0.05) is 11.6 Å². The topological polar surface area (TPSA) is 79.0 Å². The molecule has 0 spiro atoms. The summed E-state index contributed by atoms with van der Waals surface area (Å²) in [6.45, 7) is 3.55. The summed E-state index contributed by atoms with van der Waals surface area (Å²) in [6.07, 6.45) is -0.0448. The third kappa shape index (κ3) is 5.48. The molecule has 0 fully saturated rings. The lowest BCUT2D eigenvalue weighted by Crippen LogP contribution is -2.50. The van der Waals surface area contributed by atoms with Crippen molar-refractivity contribution in [1.82, 2.24) is 4.90 Å². The highest BCUT2D eigenvalue weighted by atomic mass is 35.5. The quantitative estimate of drug-likeness (QED) is 0.673. The van der Waals surface area contributed by atoms with E-state index in [-0.39, 0.29) is 24.9 Å². The number of ether oxygens (including phenoxy) is 1. The van der Waals surface area contributed by atoms with Crippen molar-refractivity contribution in [2.45, 2.75) is 26.4 Å². The highest BCUT2D eigenvalue weighted by Crippen LogP contribution is 2.33. The van der Waals surface area contributed by atoms with Gasteiger partial charge in [-0.05, 0) is 43.7 Å². The second-order valence-corrected chi connectivity index (χ2v) is 7.98. The number of carbonyl (C=O) groups is 3. The average molecular weight is 464 g/mol. The number of hydrogen-bond donors (Lipinski definition) is 1. The zero-order chi connectivity index (χ0) is 22.5. The maximum atomic E-state index is 13.0. The molecule has 164 valence electrons. The number of hydrogen-bond acceptors (Lipinski definition) is 4. The number of rotatable bonds is 7. The molecule has 0 aliphatic carbocycles. The van der Waals surface area contributed by atoms with Gasteiger partial charge in [-0.3, -0.25) is 19.3 Å². The Morgan fingerprint density at radius 2 is 1.94 bits per heavy atom. The molecule has 1 N–H and O–H groups in total. The molecular weight excluding hydrogens is 441 g/mol. The third-order valence-corrected chi connectivity index (χ3v) is 5.31. The fourth-order valence-corrected chi connectivity index (χ4v) is 3.61. The summed E-state index contributed by atoms with van der Waals surface area (Å²) in [7, 11) is 0. The monoisotopic (exact) mass is 463 g/mol. The van der Waals surface area contributed by atoms with Crippen LogP contribution in [0.5, 0.6) is 5.75 Å². The second kappa shape index (κ2) is 10.0. The summed E-state index contributed by atoms with van der Waals surface area (Å²) in [4.78, 5) is 41.1. The van der Waals surface area contributed by atoms with Crippen LogP contribution in [0.15, 0.2) is 42.5 Å². The van der Waals surface area contributed by atoms with Crippen LogP contribution in [0, 0.1) is 0 Å². The number of para-hydroxylation sites is 2. The summed E-state index contributed by atoms with van der Waals surface area (Å²) >= 11 is 12.1. The van der Waals surface area contributed by atoms with Gasteiger partial charge < -0.3 is 15.0 Å². The Morgan fingerprint density at radius 3 is 2.68 bits per heavy atom. The predicted molar refractivity (Wildman–Crippen MR) is 121 cm³/mol. The van der Waals surface area contributed by atoms with Crippen LogP contribution in [0.4, 0.5) is 11.4 Å². The van der Waals surface area contributed by atoms with Crippen molar-refractivity contribution in [2.75, 3.05) is 29.9 Å². The number of nitrogens with one attached hydrogen (secondary N) is 1. The minimum absolute atomic E-state index is 0.175. The van der Waals surface area contributed by atoms with E-state index in [0.717, 1.165) is 0 Å². The van der Waals surface area contributed by atoms with Crippen molar-refractivity contribution in [3.63, 3.8) is 0 Å². The number of nitrogens with zero attached hydrogens (tertiary/aromatic N) is 2. The lowest BCUT2D eigenvalue weighted by atomic mass is 10.2. The molecule has 1 aliphatic heterocycles. The smallest absolute Gasteiger partial charge is 0.268 e. The van der Waals surface area contributed by atoms with Crippen LogP contribution < -0.4 is 15.0 Å². The van der Waals surface area contributed by atoms with Crippen LogP contribution >= 0.6 is 23.2 Å². The van der Waals surface area contributed by atoms with Crippen molar-refractivity contribution in [1.29, 1.82) is 0 Å². The molecule has 0 saturated heterocycles. The van der Waals surface area contributed by atoms with E-state index in [4.69, 9.17) is 27.9 Å². The normalized spacial score (nSPS) is 15.2. The van der Waals surface area contributed by atoms with Crippen molar-refractivity contribution < 1.29 is 19.1 Å². The third-order valence-electron chi connectivity index (χ3n) is 4.75. The van der Waals surface area contributed by atoms with Crippen LogP contribution in [0.25, 0.3) is 0 Å². The van der Waals surface area contributed by atoms with Gasteiger partial charge in [0.15, 0.2) is 6.10 Å². The molecule has 3 amide bonds. The van der Waals surface area contributed by atoms with E-state index in [0.29, 0.717) is 40.1 Å². The van der Waals surface area contributed by atoms with Gasteiger partial charge in [-0.2, -0.15) is 0 Å². The van der Waals surface area contributed by atoms with E-state index in [9.17, 15) is 14.4 Å². The average Bonchev–Trinajstić information content (AvgIpc) is 2.73. The van der Waals surface area contributed by atoms with Gasteiger partial charge in [0.1, 0.15) is 12.3 Å². The number of fused-ring (bicyclic) bond motifs is 1. The zero-order valence-electron chi connectivity index (χ0n) is 17.2. The van der Waals surface area contributed by atoms with Gasteiger partial charge in [-0.15, -0.1) is 0 Å². The number of halogens is 2. The zero-order valence-corrected chi connectivity index (χ0v) is 18.7. The number of anilines is 2. The van der Waals surface area contributed by atoms with Gasteiger partial charge in [-0.1, -0.05) is 42.3 Å². The molecule has 1 atom stereocenters. The second-order valence-electron chi connectivity index (χ2n) is 7.14. The van der Waals surface area contributed by atoms with Crippen LogP contribution in [0.3, 0.4) is 0 Å². The maximum absolute atomic E-state index is 13.0. The Labute approximate surface area is 190 Å². The molecule has 1 unspecified atom stereocenters. The molecule has 0 saturated carbocycles. The van der Waals surface area contributed by atoms with E-state index in [1.807, 2.05) is 6.92 Å². The van der Waals surface area contributed by atoms with E-state index >= 15 is 0 Å². The van der Waals surface area contributed by atoms with Gasteiger partial charge in [-0.25, -0.2) is 0 Å². The molecular formula is C22H23Cl2N3O4. The number of amides is 3. The minimum atomic E-state index is -0.699. The van der Waals surface area contributed by atoms with E-state index in [2.05, 4.69) is 5.32 Å². The van der Waals surface area contributed by atoms with Gasteiger partial charge in [0.2, 0.25) is 11.8 Å². The van der Waals surface area contributed by atoms with Crippen LogP contribution in [-0.2, 0) is 14.4 Å². The van der Waals surface area contributed by atoms with E-state index in [1.165, 1.54) is 9.80 Å². The summed E-state index contributed by atoms with van der Waals surface area (Å²) in [5, 5.41) is 3.45. The highest BCUT2D eigenvalue weighted by Gasteiger charge is 2.33. The lowest BCUT2D eigenvalue weighted by molar-refractivity contribution is -0.135. The van der Waals surface area contributed by atoms with Crippen LogP contribution in [0.2, 0.25) is 10.0 Å². The molecule has 1 aliphatic rings. The summed E-state index contributed by atoms with van der Waals surface area (Å²) in [5.74, 6) is -0.518. The van der Waals surface area contributed by atoms with Crippen LogP contribution in [0.1, 0.15) is 20.3 Å². The number of carbonyl (C=O) groups excluding carboxylic acids is 3. The SMILES string of the molecule is CCCN(CC(=O)Nc1cc(Cl)ccc1Cl)C(=O)CN1C(=O)C(C)Oc2ccccc21. The summed E-state index contributed by atoms with van der Waals surface area (Å²) in [6, 6.07) is 11.8. The molecule has 2 aromatic rings. The van der Waals surface area contributed by atoms with Crippen molar-refractivity contribution in [3.8, 4) is 5.75 Å². The van der Waals surface area contributed by atoms with Crippen molar-refractivity contribution >= 4 is 52.3 Å². The molecule has 31 heavy (non-hydrogen) atoms. The fourth-order valence-electron chi connectivity index (χ4n) is 3.28. The summed E-state index contributed by atoms with van der Waals surface area (Å²) in [5.41, 5.74) is 0.903. The Balaban J connectivity index is 1.72. The van der Waals surface area contributed by atoms with Crippen molar-refractivity contribution in [3.05, 3.63) is 52.5 Å².